The van der Waals surface area contributed by atoms with Crippen molar-refractivity contribution in [2.24, 2.45) is 0 Å². The van der Waals surface area contributed by atoms with Gasteiger partial charge in [-0.25, -0.2) is 0 Å². The topological polar surface area (TPSA) is 38.3 Å². The average molecular weight is 217 g/mol. The van der Waals surface area contributed by atoms with Crippen LogP contribution in [0.1, 0.15) is 17.9 Å². The molecule has 0 aromatic heterocycles. The maximum absolute atomic E-state index is 11.2. The number of hydrogen-bond acceptors (Lipinski definition) is 2. The molecule has 16 heavy (non-hydrogen) atoms. The lowest BCUT2D eigenvalue weighted by Gasteiger charge is -2.10. The molecule has 1 N–H and O–H groups in total. The monoisotopic (exact) mass is 217 g/mol. The fourth-order valence-electron chi connectivity index (χ4n) is 1.86. The van der Waals surface area contributed by atoms with Gasteiger partial charge in [0.1, 0.15) is 0 Å². The second-order valence-electron chi connectivity index (χ2n) is 3.88. The van der Waals surface area contributed by atoms with E-state index < -0.39 is 0 Å². The second kappa shape index (κ2) is 4.94. The van der Waals surface area contributed by atoms with E-state index in [9.17, 15) is 4.79 Å². The quantitative estimate of drug-likeness (QED) is 0.789. The Morgan fingerprint density at radius 1 is 1.56 bits per heavy atom. The number of hydrogen-bond donors (Lipinski definition) is 1. The Bertz CT molecular complexity index is 395. The van der Waals surface area contributed by atoms with Crippen molar-refractivity contribution in [2.45, 2.75) is 12.3 Å². The number of benzene rings is 1. The molecule has 3 heteroatoms. The van der Waals surface area contributed by atoms with E-state index >= 15 is 0 Å². The van der Waals surface area contributed by atoms with Crippen molar-refractivity contribution in [3.63, 3.8) is 0 Å². The number of carbonyl (C=O) groups excluding carboxylic acids is 1. The Labute approximate surface area is 95.1 Å². The molecule has 1 aromatic rings. The first-order chi connectivity index (χ1) is 7.79. The van der Waals surface area contributed by atoms with E-state index in [0.717, 1.165) is 25.3 Å². The highest BCUT2D eigenvalue weighted by Crippen LogP contribution is 2.26. The van der Waals surface area contributed by atoms with Crippen LogP contribution in [0.3, 0.4) is 0 Å². The van der Waals surface area contributed by atoms with Gasteiger partial charge in [-0.2, -0.15) is 0 Å². The van der Waals surface area contributed by atoms with Gasteiger partial charge in [0.15, 0.2) is 0 Å². The normalized spacial score (nSPS) is 19.4. The van der Waals surface area contributed by atoms with Crippen LogP contribution in [0.25, 0.3) is 0 Å². The van der Waals surface area contributed by atoms with Crippen LogP contribution in [0, 0.1) is 0 Å². The van der Waals surface area contributed by atoms with Gasteiger partial charge in [-0.05, 0) is 30.2 Å². The molecule has 3 nitrogen and oxygen atoms in total. The third-order valence-corrected chi connectivity index (χ3v) is 2.74. The van der Waals surface area contributed by atoms with E-state index in [1.165, 1.54) is 11.6 Å². The van der Waals surface area contributed by atoms with Gasteiger partial charge in [-0.15, -0.1) is 0 Å². The van der Waals surface area contributed by atoms with Crippen molar-refractivity contribution in [1.29, 1.82) is 0 Å². The van der Waals surface area contributed by atoms with Crippen molar-refractivity contribution >= 4 is 11.6 Å². The number of rotatable bonds is 3. The highest BCUT2D eigenvalue weighted by atomic mass is 16.5. The van der Waals surface area contributed by atoms with Crippen molar-refractivity contribution in [1.82, 2.24) is 0 Å². The molecule has 0 saturated carbocycles. The van der Waals surface area contributed by atoms with Gasteiger partial charge in [0.2, 0.25) is 5.91 Å². The SMILES string of the molecule is C=CC(=O)Nc1cccc(C2CCOC2)c1. The van der Waals surface area contributed by atoms with Crippen LogP contribution in [0.5, 0.6) is 0 Å². The number of anilines is 1. The zero-order valence-corrected chi connectivity index (χ0v) is 9.11. The molecule has 0 radical (unpaired) electrons. The Morgan fingerprint density at radius 2 is 2.44 bits per heavy atom. The van der Waals surface area contributed by atoms with Gasteiger partial charge in [0, 0.05) is 18.2 Å². The molecule has 1 aliphatic heterocycles. The third-order valence-electron chi connectivity index (χ3n) is 2.74. The molecule has 0 aliphatic carbocycles. The Balaban J connectivity index is 2.12. The average Bonchev–Trinajstić information content (AvgIpc) is 2.83. The molecule has 1 unspecified atom stereocenters. The molecule has 1 fully saturated rings. The molecule has 1 aromatic carbocycles. The summed E-state index contributed by atoms with van der Waals surface area (Å²) in [4.78, 5) is 11.2. The van der Waals surface area contributed by atoms with Gasteiger partial charge in [-0.3, -0.25) is 4.79 Å². The van der Waals surface area contributed by atoms with Crippen molar-refractivity contribution < 1.29 is 9.53 Å². The van der Waals surface area contributed by atoms with Crippen molar-refractivity contribution in [2.75, 3.05) is 18.5 Å². The summed E-state index contributed by atoms with van der Waals surface area (Å²) in [6.07, 6.45) is 2.32. The van der Waals surface area contributed by atoms with Crippen LogP contribution in [0.15, 0.2) is 36.9 Å². The largest absolute Gasteiger partial charge is 0.381 e. The lowest BCUT2D eigenvalue weighted by molar-refractivity contribution is -0.111. The predicted octanol–water partition coefficient (Wildman–Crippen LogP) is 2.32. The standard InChI is InChI=1S/C13H15NO2/c1-2-13(15)14-12-5-3-4-10(8-12)11-6-7-16-9-11/h2-5,8,11H,1,6-7,9H2,(H,14,15). The van der Waals surface area contributed by atoms with E-state index in [-0.39, 0.29) is 5.91 Å². The maximum Gasteiger partial charge on any atom is 0.247 e. The molecule has 1 atom stereocenters. The summed E-state index contributed by atoms with van der Waals surface area (Å²) in [6.45, 7) is 5.03. The molecule has 84 valence electrons. The Hall–Kier alpha value is -1.61. The smallest absolute Gasteiger partial charge is 0.247 e. The lowest BCUT2D eigenvalue weighted by atomic mass is 9.98. The molecule has 2 rings (SSSR count). The molecule has 1 amide bonds. The van der Waals surface area contributed by atoms with Crippen LogP contribution in [-0.4, -0.2) is 19.1 Å². The molecule has 1 saturated heterocycles. The van der Waals surface area contributed by atoms with Crippen LogP contribution in [-0.2, 0) is 9.53 Å². The van der Waals surface area contributed by atoms with Gasteiger partial charge in [0.25, 0.3) is 0 Å². The summed E-state index contributed by atoms with van der Waals surface area (Å²) in [5.74, 6) is 0.278. The first kappa shape index (κ1) is 10.9. The maximum atomic E-state index is 11.2. The minimum Gasteiger partial charge on any atom is -0.381 e. The zero-order chi connectivity index (χ0) is 11.4. The number of ether oxygens (including phenoxy) is 1. The van der Waals surface area contributed by atoms with E-state index in [4.69, 9.17) is 4.74 Å². The summed E-state index contributed by atoms with van der Waals surface area (Å²) >= 11 is 0. The van der Waals surface area contributed by atoms with Crippen LogP contribution < -0.4 is 5.32 Å². The van der Waals surface area contributed by atoms with Gasteiger partial charge >= 0.3 is 0 Å². The van der Waals surface area contributed by atoms with Crippen LogP contribution >= 0.6 is 0 Å². The van der Waals surface area contributed by atoms with Crippen molar-refractivity contribution in [3.8, 4) is 0 Å². The first-order valence-corrected chi connectivity index (χ1v) is 5.40. The fourth-order valence-corrected chi connectivity index (χ4v) is 1.86. The highest BCUT2D eigenvalue weighted by Gasteiger charge is 2.17. The van der Waals surface area contributed by atoms with Crippen LogP contribution in [0.4, 0.5) is 5.69 Å². The molecular formula is C13H15NO2. The molecule has 1 heterocycles. The molecular weight excluding hydrogens is 202 g/mol. The van der Waals surface area contributed by atoms with E-state index in [1.807, 2.05) is 18.2 Å². The second-order valence-corrected chi connectivity index (χ2v) is 3.88. The minimum absolute atomic E-state index is 0.181. The third kappa shape index (κ3) is 2.49. The zero-order valence-electron chi connectivity index (χ0n) is 9.11. The number of carbonyl (C=O) groups is 1. The van der Waals surface area contributed by atoms with Crippen LogP contribution in [0.2, 0.25) is 0 Å². The number of nitrogens with one attached hydrogen (secondary N) is 1. The summed E-state index contributed by atoms with van der Waals surface area (Å²) in [5.41, 5.74) is 2.04. The molecule has 1 aliphatic rings. The Morgan fingerprint density at radius 3 is 3.12 bits per heavy atom. The van der Waals surface area contributed by atoms with Gasteiger partial charge in [0.05, 0.1) is 6.61 Å². The summed E-state index contributed by atoms with van der Waals surface area (Å²) in [5, 5.41) is 2.76. The fraction of sp³-hybridized carbons (Fsp3) is 0.308. The Kier molecular flexibility index (Phi) is 3.37. The lowest BCUT2D eigenvalue weighted by Crippen LogP contribution is -2.08. The summed E-state index contributed by atoms with van der Waals surface area (Å²) in [7, 11) is 0. The predicted molar refractivity (Wildman–Crippen MR) is 63.4 cm³/mol. The van der Waals surface area contributed by atoms with Crippen molar-refractivity contribution in [3.05, 3.63) is 42.5 Å². The van der Waals surface area contributed by atoms with E-state index in [0.29, 0.717) is 5.92 Å². The van der Waals surface area contributed by atoms with Gasteiger partial charge in [-0.1, -0.05) is 18.7 Å². The number of amides is 1. The summed E-state index contributed by atoms with van der Waals surface area (Å²) < 4.78 is 5.35. The van der Waals surface area contributed by atoms with Gasteiger partial charge < -0.3 is 10.1 Å². The first-order valence-electron chi connectivity index (χ1n) is 5.40. The van der Waals surface area contributed by atoms with E-state index in [1.54, 1.807) is 0 Å². The van der Waals surface area contributed by atoms with E-state index in [2.05, 4.69) is 18.0 Å². The highest BCUT2D eigenvalue weighted by molar-refractivity contribution is 5.98. The summed E-state index contributed by atoms with van der Waals surface area (Å²) in [6, 6.07) is 7.90. The minimum atomic E-state index is -0.181. The molecule has 0 bridgehead atoms. The molecule has 0 spiro atoms.